The van der Waals surface area contributed by atoms with Gasteiger partial charge in [-0.05, 0) is 24.8 Å². The van der Waals surface area contributed by atoms with Crippen LogP contribution in [0.4, 0.5) is 4.79 Å². The van der Waals surface area contributed by atoms with Gasteiger partial charge in [0.15, 0.2) is 0 Å². The minimum absolute atomic E-state index is 0.272. The first-order valence-corrected chi connectivity index (χ1v) is 5.23. The zero-order chi connectivity index (χ0) is 12.0. The molecule has 3 N–H and O–H groups in total. The Hall–Kier alpha value is -1.84. The maximum atomic E-state index is 10.5. The summed E-state index contributed by atoms with van der Waals surface area (Å²) in [4.78, 5) is 10.5. The van der Waals surface area contributed by atoms with Crippen molar-refractivity contribution in [3.8, 4) is 0 Å². The Morgan fingerprint density at radius 1 is 1.44 bits per heavy atom. The summed E-state index contributed by atoms with van der Waals surface area (Å²) in [5, 5.41) is 3.91. The van der Waals surface area contributed by atoms with Gasteiger partial charge in [0.05, 0.1) is 0 Å². The van der Waals surface area contributed by atoms with Crippen molar-refractivity contribution in [3.63, 3.8) is 0 Å². The highest BCUT2D eigenvalue weighted by molar-refractivity contribution is 5.85. The van der Waals surface area contributed by atoms with E-state index in [2.05, 4.69) is 29.6 Å². The van der Waals surface area contributed by atoms with Crippen molar-refractivity contribution >= 4 is 11.7 Å². The molecular formula is C12H17N3O. The Morgan fingerprint density at radius 3 is 2.62 bits per heavy atom. The molecule has 1 aromatic carbocycles. The lowest BCUT2D eigenvalue weighted by molar-refractivity contribution is 0.249. The SMILES string of the molecule is CC(=NNC(N)=O)C(C)Cc1ccccc1. The van der Waals surface area contributed by atoms with Crippen molar-refractivity contribution in [3.05, 3.63) is 35.9 Å². The van der Waals surface area contributed by atoms with Gasteiger partial charge in [0.2, 0.25) is 0 Å². The molecule has 0 bridgehead atoms. The zero-order valence-corrected chi connectivity index (χ0v) is 9.60. The zero-order valence-electron chi connectivity index (χ0n) is 9.60. The number of nitrogens with zero attached hydrogens (tertiary/aromatic N) is 1. The van der Waals surface area contributed by atoms with Gasteiger partial charge in [0.25, 0.3) is 0 Å². The van der Waals surface area contributed by atoms with Crippen molar-refractivity contribution in [1.29, 1.82) is 0 Å². The van der Waals surface area contributed by atoms with Crippen molar-refractivity contribution < 1.29 is 4.79 Å². The third kappa shape index (κ3) is 4.13. The number of hydrazone groups is 1. The van der Waals surface area contributed by atoms with E-state index in [0.29, 0.717) is 0 Å². The van der Waals surface area contributed by atoms with Gasteiger partial charge in [0, 0.05) is 5.71 Å². The topological polar surface area (TPSA) is 67.5 Å². The summed E-state index contributed by atoms with van der Waals surface area (Å²) < 4.78 is 0. The molecule has 1 rings (SSSR count). The minimum atomic E-state index is -0.633. The number of nitrogens with one attached hydrogen (secondary N) is 1. The predicted molar refractivity (Wildman–Crippen MR) is 65.1 cm³/mol. The fourth-order valence-electron chi connectivity index (χ4n) is 1.37. The van der Waals surface area contributed by atoms with E-state index in [1.54, 1.807) is 0 Å². The molecule has 4 heteroatoms. The predicted octanol–water partition coefficient (Wildman–Crippen LogP) is 1.91. The van der Waals surface area contributed by atoms with Crippen LogP contribution in [0, 0.1) is 5.92 Å². The van der Waals surface area contributed by atoms with Gasteiger partial charge in [-0.2, -0.15) is 5.10 Å². The standard InChI is InChI=1S/C12H17N3O/c1-9(10(2)14-15-12(13)16)8-11-6-4-3-5-7-11/h3-7,9H,8H2,1-2H3,(H3,13,15,16). The van der Waals surface area contributed by atoms with E-state index in [-0.39, 0.29) is 5.92 Å². The fraction of sp³-hybridized carbons (Fsp3) is 0.333. The summed E-state index contributed by atoms with van der Waals surface area (Å²) in [7, 11) is 0. The summed E-state index contributed by atoms with van der Waals surface area (Å²) in [6.07, 6.45) is 0.899. The summed E-state index contributed by atoms with van der Waals surface area (Å²) in [5.41, 5.74) is 9.29. The molecule has 2 amide bonds. The minimum Gasteiger partial charge on any atom is -0.350 e. The number of benzene rings is 1. The van der Waals surface area contributed by atoms with Gasteiger partial charge in [-0.1, -0.05) is 37.3 Å². The molecule has 0 aromatic heterocycles. The lowest BCUT2D eigenvalue weighted by Gasteiger charge is -2.10. The smallest absolute Gasteiger partial charge is 0.332 e. The number of hydrogen-bond acceptors (Lipinski definition) is 2. The van der Waals surface area contributed by atoms with E-state index in [4.69, 9.17) is 5.73 Å². The van der Waals surface area contributed by atoms with Crippen LogP contribution in [0.25, 0.3) is 0 Å². The van der Waals surface area contributed by atoms with Crippen molar-refractivity contribution in [2.75, 3.05) is 0 Å². The second-order valence-electron chi connectivity index (χ2n) is 3.82. The highest BCUT2D eigenvalue weighted by atomic mass is 16.2. The first-order valence-electron chi connectivity index (χ1n) is 5.23. The maximum absolute atomic E-state index is 10.5. The monoisotopic (exact) mass is 219 g/mol. The molecule has 4 nitrogen and oxygen atoms in total. The molecule has 0 fully saturated rings. The number of urea groups is 1. The molecule has 0 aliphatic heterocycles. The van der Waals surface area contributed by atoms with Crippen LogP contribution >= 0.6 is 0 Å². The third-order valence-electron chi connectivity index (χ3n) is 2.44. The molecule has 0 aliphatic carbocycles. The molecule has 0 saturated heterocycles. The fourth-order valence-corrected chi connectivity index (χ4v) is 1.37. The van der Waals surface area contributed by atoms with E-state index in [1.165, 1.54) is 5.56 Å². The molecule has 0 heterocycles. The summed E-state index contributed by atoms with van der Waals surface area (Å²) in [5.74, 6) is 0.272. The summed E-state index contributed by atoms with van der Waals surface area (Å²) >= 11 is 0. The Balaban J connectivity index is 2.55. The highest BCUT2D eigenvalue weighted by Crippen LogP contribution is 2.09. The Labute approximate surface area is 95.5 Å². The summed E-state index contributed by atoms with van der Waals surface area (Å²) in [6, 6.07) is 9.53. The van der Waals surface area contributed by atoms with Crippen LogP contribution in [-0.4, -0.2) is 11.7 Å². The highest BCUT2D eigenvalue weighted by Gasteiger charge is 2.07. The molecule has 1 aromatic rings. The Kier molecular flexibility index (Phi) is 4.51. The molecule has 86 valence electrons. The number of hydrogen-bond donors (Lipinski definition) is 2. The van der Waals surface area contributed by atoms with Crippen molar-refractivity contribution in [2.24, 2.45) is 16.8 Å². The number of carbonyl (C=O) groups is 1. The maximum Gasteiger partial charge on any atom is 0.332 e. The van der Waals surface area contributed by atoms with Crippen LogP contribution in [0.2, 0.25) is 0 Å². The molecule has 0 aliphatic rings. The number of carbonyl (C=O) groups excluding carboxylic acids is 1. The molecule has 0 radical (unpaired) electrons. The summed E-state index contributed by atoms with van der Waals surface area (Å²) in [6.45, 7) is 3.94. The lowest BCUT2D eigenvalue weighted by atomic mass is 9.97. The van der Waals surface area contributed by atoms with Crippen LogP contribution in [0.5, 0.6) is 0 Å². The number of nitrogens with two attached hydrogens (primary N) is 1. The second kappa shape index (κ2) is 5.90. The van der Waals surface area contributed by atoms with E-state index in [9.17, 15) is 4.79 Å². The van der Waals surface area contributed by atoms with Crippen LogP contribution in [-0.2, 0) is 6.42 Å². The Bertz CT molecular complexity index is 373. The van der Waals surface area contributed by atoms with Crippen LogP contribution in [0.3, 0.4) is 0 Å². The lowest BCUT2D eigenvalue weighted by Crippen LogP contribution is -2.26. The molecule has 0 spiro atoms. The van der Waals surface area contributed by atoms with E-state index in [1.807, 2.05) is 25.1 Å². The quantitative estimate of drug-likeness (QED) is 0.589. The molecule has 1 unspecified atom stereocenters. The van der Waals surface area contributed by atoms with E-state index in [0.717, 1.165) is 12.1 Å². The average Bonchev–Trinajstić information content (AvgIpc) is 2.27. The number of primary amides is 1. The normalized spacial score (nSPS) is 13.2. The average molecular weight is 219 g/mol. The van der Waals surface area contributed by atoms with E-state index >= 15 is 0 Å². The van der Waals surface area contributed by atoms with Crippen molar-refractivity contribution in [2.45, 2.75) is 20.3 Å². The molecule has 0 saturated carbocycles. The molecular weight excluding hydrogens is 202 g/mol. The molecule has 1 atom stereocenters. The van der Waals surface area contributed by atoms with Gasteiger partial charge in [-0.25, -0.2) is 10.2 Å². The van der Waals surface area contributed by atoms with Gasteiger partial charge >= 0.3 is 6.03 Å². The van der Waals surface area contributed by atoms with Crippen LogP contribution < -0.4 is 11.2 Å². The van der Waals surface area contributed by atoms with Gasteiger partial charge in [-0.15, -0.1) is 0 Å². The van der Waals surface area contributed by atoms with Gasteiger partial charge in [0.1, 0.15) is 0 Å². The van der Waals surface area contributed by atoms with Gasteiger partial charge < -0.3 is 5.73 Å². The molecule has 16 heavy (non-hydrogen) atoms. The van der Waals surface area contributed by atoms with Crippen LogP contribution in [0.1, 0.15) is 19.4 Å². The van der Waals surface area contributed by atoms with Gasteiger partial charge in [-0.3, -0.25) is 0 Å². The Morgan fingerprint density at radius 2 is 2.06 bits per heavy atom. The first-order chi connectivity index (χ1) is 7.59. The number of amides is 2. The first kappa shape index (κ1) is 12.2. The van der Waals surface area contributed by atoms with E-state index < -0.39 is 6.03 Å². The van der Waals surface area contributed by atoms with Crippen molar-refractivity contribution in [1.82, 2.24) is 5.43 Å². The largest absolute Gasteiger partial charge is 0.350 e. The number of rotatable bonds is 4. The van der Waals surface area contributed by atoms with Crippen LogP contribution in [0.15, 0.2) is 35.4 Å². The second-order valence-corrected chi connectivity index (χ2v) is 3.82. The third-order valence-corrected chi connectivity index (χ3v) is 2.44.